The van der Waals surface area contributed by atoms with Gasteiger partial charge in [0.1, 0.15) is 23.1 Å². The molecule has 0 bridgehead atoms. The van der Waals surface area contributed by atoms with Crippen LogP contribution in [0, 0.1) is 11.3 Å². The fourth-order valence-corrected chi connectivity index (χ4v) is 4.21. The number of nitriles is 1. The van der Waals surface area contributed by atoms with E-state index in [0.29, 0.717) is 76.8 Å². The number of aromatic nitrogens is 2. The highest BCUT2D eigenvalue weighted by molar-refractivity contribution is 6.02. The molecule has 2 aromatic rings. The minimum Gasteiger partial charge on any atom is -0.382 e. The smallest absolute Gasteiger partial charge is 0.267 e. The fraction of sp³-hybridized carbons (Fsp3) is 0.500. The number of anilines is 1. The number of nitrogens with zero attached hydrogens (tertiary/aromatic N) is 4. The second-order valence-electron chi connectivity index (χ2n) is 8.15. The number of ether oxygens (including phenoxy) is 3. The van der Waals surface area contributed by atoms with Crippen molar-refractivity contribution in [2.24, 2.45) is 0 Å². The van der Waals surface area contributed by atoms with Crippen molar-refractivity contribution in [2.45, 2.75) is 32.0 Å². The van der Waals surface area contributed by atoms with E-state index in [1.807, 2.05) is 24.0 Å². The standard InChI is InChI=1S/C24H29N5O5/c1-2-32-13-5-9-26-22(30)18(17-25)16-19-21(27-20-6-3-4-10-29(20)23(19)31)28-11-7-24(8-12-28)33-14-15-34-24/h3-4,6,10,16H,2,5,7-9,11-15H2,1H3,(H,26,30)/b18-16-. The lowest BCUT2D eigenvalue weighted by molar-refractivity contribution is -0.169. The van der Waals surface area contributed by atoms with E-state index in [-0.39, 0.29) is 16.7 Å². The van der Waals surface area contributed by atoms with Gasteiger partial charge < -0.3 is 24.4 Å². The summed E-state index contributed by atoms with van der Waals surface area (Å²) in [7, 11) is 0. The molecule has 0 atom stereocenters. The molecule has 1 N–H and O–H groups in total. The van der Waals surface area contributed by atoms with E-state index in [1.54, 1.807) is 18.3 Å². The van der Waals surface area contributed by atoms with Crippen molar-refractivity contribution in [1.82, 2.24) is 14.7 Å². The summed E-state index contributed by atoms with van der Waals surface area (Å²) < 4.78 is 18.3. The highest BCUT2D eigenvalue weighted by Crippen LogP contribution is 2.33. The lowest BCUT2D eigenvalue weighted by atomic mass is 10.0. The number of piperidine rings is 1. The van der Waals surface area contributed by atoms with E-state index in [0.717, 1.165) is 0 Å². The zero-order valence-corrected chi connectivity index (χ0v) is 19.3. The third-order valence-corrected chi connectivity index (χ3v) is 6.00. The Morgan fingerprint density at radius 2 is 2.09 bits per heavy atom. The van der Waals surface area contributed by atoms with Crippen LogP contribution in [0.5, 0.6) is 0 Å². The molecule has 2 aliphatic heterocycles. The van der Waals surface area contributed by atoms with E-state index < -0.39 is 11.7 Å². The van der Waals surface area contributed by atoms with Crippen LogP contribution in [-0.2, 0) is 19.0 Å². The first-order valence-electron chi connectivity index (χ1n) is 11.6. The molecule has 0 aliphatic carbocycles. The van der Waals surface area contributed by atoms with Gasteiger partial charge in [0.05, 0.1) is 18.8 Å². The van der Waals surface area contributed by atoms with Gasteiger partial charge in [-0.1, -0.05) is 6.07 Å². The minimum absolute atomic E-state index is 0.150. The SMILES string of the molecule is CCOCCCNC(=O)/C(C#N)=C\c1c(N2CCC3(CC2)OCCO3)nc2ccccn2c1=O. The molecule has 34 heavy (non-hydrogen) atoms. The van der Waals surface area contributed by atoms with Gasteiger partial charge in [0.15, 0.2) is 5.79 Å². The number of fused-ring (bicyclic) bond motifs is 1. The molecule has 0 saturated carbocycles. The molecular formula is C24H29N5O5. The van der Waals surface area contributed by atoms with Crippen molar-refractivity contribution in [3.63, 3.8) is 0 Å². The molecule has 0 unspecified atom stereocenters. The van der Waals surface area contributed by atoms with Gasteiger partial charge in [-0.05, 0) is 31.6 Å². The lowest BCUT2D eigenvalue weighted by Crippen LogP contribution is -2.46. The Morgan fingerprint density at radius 1 is 1.32 bits per heavy atom. The van der Waals surface area contributed by atoms with Gasteiger partial charge in [-0.2, -0.15) is 5.26 Å². The largest absolute Gasteiger partial charge is 0.382 e. The molecule has 2 aromatic heterocycles. The lowest BCUT2D eigenvalue weighted by Gasteiger charge is -2.38. The molecule has 0 radical (unpaired) electrons. The summed E-state index contributed by atoms with van der Waals surface area (Å²) in [6.07, 6.45) is 4.87. The summed E-state index contributed by atoms with van der Waals surface area (Å²) >= 11 is 0. The van der Waals surface area contributed by atoms with E-state index in [1.165, 1.54) is 10.5 Å². The molecule has 0 aromatic carbocycles. The summed E-state index contributed by atoms with van der Waals surface area (Å²) in [5.74, 6) is -0.661. The highest BCUT2D eigenvalue weighted by atomic mass is 16.7. The molecule has 4 rings (SSSR count). The number of carbonyl (C=O) groups is 1. The quantitative estimate of drug-likeness (QED) is 0.352. The van der Waals surface area contributed by atoms with Crippen LogP contribution in [0.15, 0.2) is 34.8 Å². The molecular weight excluding hydrogens is 438 g/mol. The molecule has 2 aliphatic rings. The Hall–Kier alpha value is -3.26. The van der Waals surface area contributed by atoms with Crippen LogP contribution < -0.4 is 15.8 Å². The minimum atomic E-state index is -0.572. The first kappa shape index (κ1) is 23.9. The van der Waals surface area contributed by atoms with E-state index >= 15 is 0 Å². The zero-order chi connectivity index (χ0) is 24.0. The zero-order valence-electron chi connectivity index (χ0n) is 19.3. The molecule has 10 heteroatoms. The monoisotopic (exact) mass is 467 g/mol. The Morgan fingerprint density at radius 3 is 2.79 bits per heavy atom. The third kappa shape index (κ3) is 5.12. The Bertz CT molecular complexity index is 1150. The van der Waals surface area contributed by atoms with E-state index in [2.05, 4.69) is 5.32 Å². The number of nitrogens with one attached hydrogen (secondary N) is 1. The van der Waals surface area contributed by atoms with Crippen LogP contribution >= 0.6 is 0 Å². The Balaban J connectivity index is 1.64. The number of hydrogen-bond acceptors (Lipinski definition) is 8. The second-order valence-corrected chi connectivity index (χ2v) is 8.15. The molecule has 1 amide bonds. The molecule has 180 valence electrons. The van der Waals surface area contributed by atoms with Crippen molar-refractivity contribution in [3.05, 3.63) is 45.9 Å². The summed E-state index contributed by atoms with van der Waals surface area (Å²) in [6.45, 7) is 5.70. The number of amides is 1. The van der Waals surface area contributed by atoms with Crippen LogP contribution in [-0.4, -0.2) is 67.1 Å². The molecule has 1 spiro atoms. The first-order chi connectivity index (χ1) is 16.6. The molecule has 10 nitrogen and oxygen atoms in total. The average molecular weight is 468 g/mol. The maximum atomic E-state index is 13.4. The highest BCUT2D eigenvalue weighted by Gasteiger charge is 2.40. The number of hydrogen-bond donors (Lipinski definition) is 1. The number of pyridine rings is 1. The summed E-state index contributed by atoms with van der Waals surface area (Å²) in [5.41, 5.74) is 0.204. The number of rotatable bonds is 8. The van der Waals surface area contributed by atoms with Gasteiger partial charge in [0.25, 0.3) is 11.5 Å². The second kappa shape index (κ2) is 10.8. The molecule has 2 saturated heterocycles. The third-order valence-electron chi connectivity index (χ3n) is 6.00. The average Bonchev–Trinajstić information content (AvgIpc) is 3.31. The van der Waals surface area contributed by atoms with Crippen molar-refractivity contribution >= 4 is 23.4 Å². The van der Waals surface area contributed by atoms with Crippen molar-refractivity contribution < 1.29 is 19.0 Å². The fourth-order valence-electron chi connectivity index (χ4n) is 4.21. The van der Waals surface area contributed by atoms with Crippen LogP contribution in [0.25, 0.3) is 11.7 Å². The van der Waals surface area contributed by atoms with Gasteiger partial charge in [0.2, 0.25) is 0 Å². The summed E-state index contributed by atoms with van der Waals surface area (Å²) in [6, 6.07) is 7.23. The van der Waals surface area contributed by atoms with Gasteiger partial charge in [0, 0.05) is 51.9 Å². The Kier molecular flexibility index (Phi) is 7.57. The van der Waals surface area contributed by atoms with Crippen LogP contribution in [0.2, 0.25) is 0 Å². The summed E-state index contributed by atoms with van der Waals surface area (Å²) in [5, 5.41) is 12.4. The van der Waals surface area contributed by atoms with Gasteiger partial charge >= 0.3 is 0 Å². The van der Waals surface area contributed by atoms with Crippen LogP contribution in [0.3, 0.4) is 0 Å². The van der Waals surface area contributed by atoms with Crippen molar-refractivity contribution in [2.75, 3.05) is 51.0 Å². The van der Waals surface area contributed by atoms with E-state index in [4.69, 9.17) is 19.2 Å². The van der Waals surface area contributed by atoms with Crippen molar-refractivity contribution in [3.8, 4) is 6.07 Å². The maximum absolute atomic E-state index is 13.4. The first-order valence-corrected chi connectivity index (χ1v) is 11.6. The van der Waals surface area contributed by atoms with Gasteiger partial charge in [-0.15, -0.1) is 0 Å². The maximum Gasteiger partial charge on any atom is 0.267 e. The topological polar surface area (TPSA) is 118 Å². The van der Waals surface area contributed by atoms with Crippen molar-refractivity contribution in [1.29, 1.82) is 5.26 Å². The summed E-state index contributed by atoms with van der Waals surface area (Å²) in [4.78, 5) is 32.7. The predicted octanol–water partition coefficient (Wildman–Crippen LogP) is 1.49. The normalized spacial score (nSPS) is 17.8. The Labute approximate surface area is 197 Å². The van der Waals surface area contributed by atoms with Crippen LogP contribution in [0.4, 0.5) is 5.82 Å². The molecule has 2 fully saturated rings. The predicted molar refractivity (Wildman–Crippen MR) is 125 cm³/mol. The van der Waals surface area contributed by atoms with E-state index in [9.17, 15) is 14.9 Å². The van der Waals surface area contributed by atoms with Crippen LogP contribution in [0.1, 0.15) is 31.7 Å². The number of carbonyl (C=O) groups excluding carboxylic acids is 1. The van der Waals surface area contributed by atoms with Gasteiger partial charge in [-0.25, -0.2) is 4.98 Å². The van der Waals surface area contributed by atoms with Gasteiger partial charge in [-0.3, -0.25) is 14.0 Å². The molecule has 4 heterocycles.